The molecule has 0 aromatic heterocycles. The Morgan fingerprint density at radius 1 is 1.14 bits per heavy atom. The molecule has 1 aliphatic rings. The number of amides is 2. The third-order valence-corrected chi connectivity index (χ3v) is 5.40. The number of carbonyl (C=O) groups is 1. The van der Waals surface area contributed by atoms with Gasteiger partial charge in [-0.1, -0.05) is 42.5 Å². The van der Waals surface area contributed by atoms with Gasteiger partial charge >= 0.3 is 12.4 Å². The molecular weight excluding hydrogens is 411 g/mol. The number of sulfonamides is 1. The Morgan fingerprint density at radius 2 is 1.76 bits per heavy atom. The maximum atomic E-state index is 12.6. The van der Waals surface area contributed by atoms with Crippen molar-refractivity contribution in [3.05, 3.63) is 60.2 Å². The zero-order chi connectivity index (χ0) is 21.2. The summed E-state index contributed by atoms with van der Waals surface area (Å²) in [7, 11) is -4.66. The first-order valence-electron chi connectivity index (χ1n) is 8.36. The molecule has 0 bridgehead atoms. The normalized spacial score (nSPS) is 17.0. The van der Waals surface area contributed by atoms with Crippen molar-refractivity contribution in [3.8, 4) is 5.75 Å². The summed E-state index contributed by atoms with van der Waals surface area (Å²) >= 11 is 0. The molecule has 1 heterocycles. The van der Waals surface area contributed by atoms with Gasteiger partial charge in [-0.15, -0.1) is 13.2 Å². The van der Waals surface area contributed by atoms with Crippen LogP contribution in [-0.2, 0) is 10.0 Å². The van der Waals surface area contributed by atoms with E-state index in [0.29, 0.717) is 12.1 Å². The molecule has 0 radical (unpaired) electrons. The highest BCUT2D eigenvalue weighted by Crippen LogP contribution is 2.32. The van der Waals surface area contributed by atoms with Crippen molar-refractivity contribution in [1.82, 2.24) is 9.73 Å². The molecule has 1 unspecified atom stereocenters. The van der Waals surface area contributed by atoms with Crippen LogP contribution in [0.1, 0.15) is 24.9 Å². The minimum atomic E-state index is -5.09. The second kappa shape index (κ2) is 7.74. The van der Waals surface area contributed by atoms with Crippen molar-refractivity contribution in [3.63, 3.8) is 0 Å². The topological polar surface area (TPSA) is 88.1 Å². The average molecular weight is 427 g/mol. The summed E-state index contributed by atoms with van der Waals surface area (Å²) in [6.45, 7) is 1.68. The highest BCUT2D eigenvalue weighted by atomic mass is 32.2. The van der Waals surface area contributed by atoms with E-state index >= 15 is 0 Å². The van der Waals surface area contributed by atoms with Crippen molar-refractivity contribution in [2.75, 3.05) is 0 Å². The lowest BCUT2D eigenvalue weighted by Crippen LogP contribution is -2.40. The molecule has 0 spiro atoms. The quantitative estimate of drug-likeness (QED) is 0.804. The van der Waals surface area contributed by atoms with E-state index in [1.807, 2.05) is 0 Å². The number of halogens is 3. The molecule has 11 heteroatoms. The fraction of sp³-hybridized carbons (Fsp3) is 0.222. The van der Waals surface area contributed by atoms with Crippen LogP contribution in [-0.4, -0.2) is 31.5 Å². The highest BCUT2D eigenvalue weighted by Gasteiger charge is 2.36. The van der Waals surface area contributed by atoms with Gasteiger partial charge in [-0.2, -0.15) is 5.10 Å². The first kappa shape index (κ1) is 20.6. The minimum absolute atomic E-state index is 0.394. The number of carbonyl (C=O) groups excluding carboxylic acids is 1. The molecule has 0 fully saturated rings. The standard InChI is InChI=1S/C18H16F3N3O4S/c1-12-11-14(13-7-3-2-4-8-13)24(22-12)17(25)23-29(26,27)16-10-6-5-9-15(16)28-18(19,20)21/h2-10,14H,11H2,1H3,(H,23,25). The SMILES string of the molecule is CC1=NN(C(=O)NS(=O)(=O)c2ccccc2OC(F)(F)F)C(c2ccccc2)C1. The van der Waals surface area contributed by atoms with Gasteiger partial charge in [0.2, 0.25) is 0 Å². The monoisotopic (exact) mass is 427 g/mol. The predicted molar refractivity (Wildman–Crippen MR) is 97.6 cm³/mol. The van der Waals surface area contributed by atoms with Crippen LogP contribution in [0.3, 0.4) is 0 Å². The number of rotatable bonds is 4. The largest absolute Gasteiger partial charge is 0.573 e. The van der Waals surface area contributed by atoms with Gasteiger partial charge in [0.25, 0.3) is 10.0 Å². The molecule has 1 atom stereocenters. The van der Waals surface area contributed by atoms with Gasteiger partial charge in [0.1, 0.15) is 10.6 Å². The summed E-state index contributed by atoms with van der Waals surface area (Å²) in [5.41, 5.74) is 1.34. The molecule has 154 valence electrons. The zero-order valence-corrected chi connectivity index (χ0v) is 15.9. The van der Waals surface area contributed by atoms with E-state index in [1.54, 1.807) is 42.0 Å². The number of ether oxygens (including phenoxy) is 1. The number of para-hydroxylation sites is 1. The van der Waals surface area contributed by atoms with Crippen LogP contribution in [0, 0.1) is 0 Å². The van der Waals surface area contributed by atoms with Gasteiger partial charge in [-0.25, -0.2) is 22.9 Å². The minimum Gasteiger partial charge on any atom is -0.404 e. The Kier molecular flexibility index (Phi) is 5.51. The molecule has 2 aromatic rings. The van der Waals surface area contributed by atoms with Gasteiger partial charge in [-0.3, -0.25) is 0 Å². The van der Waals surface area contributed by atoms with Crippen LogP contribution >= 0.6 is 0 Å². The first-order chi connectivity index (χ1) is 13.6. The van der Waals surface area contributed by atoms with Crippen LogP contribution in [0.5, 0.6) is 5.75 Å². The van der Waals surface area contributed by atoms with E-state index < -0.39 is 39.1 Å². The van der Waals surface area contributed by atoms with Crippen molar-refractivity contribution < 1.29 is 31.1 Å². The van der Waals surface area contributed by atoms with Crippen LogP contribution in [0.15, 0.2) is 64.6 Å². The number of alkyl halides is 3. The van der Waals surface area contributed by atoms with E-state index in [4.69, 9.17) is 0 Å². The Morgan fingerprint density at radius 3 is 2.41 bits per heavy atom. The Hall–Kier alpha value is -3.08. The summed E-state index contributed by atoms with van der Waals surface area (Å²) in [6, 6.07) is 11.4. The first-order valence-corrected chi connectivity index (χ1v) is 9.85. The summed E-state index contributed by atoms with van der Waals surface area (Å²) < 4.78 is 68.4. The molecule has 0 aliphatic carbocycles. The third kappa shape index (κ3) is 4.86. The lowest BCUT2D eigenvalue weighted by molar-refractivity contribution is -0.275. The number of hydrazone groups is 1. The van der Waals surface area contributed by atoms with E-state index in [9.17, 15) is 26.4 Å². The molecule has 3 rings (SSSR count). The lowest BCUT2D eigenvalue weighted by Gasteiger charge is -2.22. The molecule has 2 amide bonds. The molecule has 0 saturated carbocycles. The van der Waals surface area contributed by atoms with Crippen molar-refractivity contribution >= 4 is 21.8 Å². The predicted octanol–water partition coefficient (Wildman–Crippen LogP) is 3.81. The second-order valence-electron chi connectivity index (χ2n) is 6.22. The summed E-state index contributed by atoms with van der Waals surface area (Å²) in [5.74, 6) is -0.944. The summed E-state index contributed by atoms with van der Waals surface area (Å²) in [6.07, 6.45) is -4.70. The number of hydrogen-bond donors (Lipinski definition) is 1. The zero-order valence-electron chi connectivity index (χ0n) is 15.1. The average Bonchev–Trinajstić information content (AvgIpc) is 3.03. The molecule has 1 N–H and O–H groups in total. The van der Waals surface area contributed by atoms with E-state index in [1.165, 1.54) is 12.1 Å². The molecule has 1 aliphatic heterocycles. The Bertz CT molecular complexity index is 1040. The summed E-state index contributed by atoms with van der Waals surface area (Å²) in [4.78, 5) is 11.8. The van der Waals surface area contributed by atoms with Gasteiger partial charge < -0.3 is 4.74 Å². The molecule has 29 heavy (non-hydrogen) atoms. The third-order valence-electron chi connectivity index (χ3n) is 4.04. The fourth-order valence-electron chi connectivity index (χ4n) is 2.88. The maximum absolute atomic E-state index is 12.6. The van der Waals surface area contributed by atoms with Gasteiger partial charge in [0, 0.05) is 12.1 Å². The number of urea groups is 1. The molecule has 7 nitrogen and oxygen atoms in total. The van der Waals surface area contributed by atoms with Gasteiger partial charge in [0.15, 0.2) is 0 Å². The van der Waals surface area contributed by atoms with Crippen molar-refractivity contribution in [2.24, 2.45) is 5.10 Å². The van der Waals surface area contributed by atoms with Crippen LogP contribution in [0.4, 0.5) is 18.0 Å². The smallest absolute Gasteiger partial charge is 0.404 e. The van der Waals surface area contributed by atoms with Gasteiger partial charge in [0.05, 0.1) is 6.04 Å². The van der Waals surface area contributed by atoms with Crippen molar-refractivity contribution in [1.29, 1.82) is 0 Å². The summed E-state index contributed by atoms with van der Waals surface area (Å²) in [5, 5.41) is 5.04. The number of nitrogens with one attached hydrogen (secondary N) is 1. The lowest BCUT2D eigenvalue weighted by atomic mass is 10.0. The number of hydrogen-bond acceptors (Lipinski definition) is 5. The van der Waals surface area contributed by atoms with Crippen LogP contribution < -0.4 is 9.46 Å². The maximum Gasteiger partial charge on any atom is 0.573 e. The fourth-order valence-corrected chi connectivity index (χ4v) is 3.95. The van der Waals surface area contributed by atoms with Crippen LogP contribution in [0.25, 0.3) is 0 Å². The van der Waals surface area contributed by atoms with Crippen LogP contribution in [0.2, 0.25) is 0 Å². The van der Waals surface area contributed by atoms with E-state index in [2.05, 4.69) is 9.84 Å². The molecule has 0 saturated heterocycles. The van der Waals surface area contributed by atoms with Crippen molar-refractivity contribution in [2.45, 2.75) is 30.6 Å². The van der Waals surface area contributed by atoms with E-state index in [-0.39, 0.29) is 0 Å². The highest BCUT2D eigenvalue weighted by molar-refractivity contribution is 7.90. The second-order valence-corrected chi connectivity index (χ2v) is 7.87. The number of nitrogens with zero attached hydrogens (tertiary/aromatic N) is 2. The van der Waals surface area contributed by atoms with E-state index in [0.717, 1.165) is 22.7 Å². The number of benzene rings is 2. The van der Waals surface area contributed by atoms with Gasteiger partial charge in [-0.05, 0) is 24.6 Å². The molecular formula is C18H16F3N3O4S. The molecule has 2 aromatic carbocycles. The Balaban J connectivity index is 1.86. The Labute approximate surface area is 164 Å².